The molecule has 1 aliphatic heterocycles. The fraction of sp³-hybridized carbons (Fsp3) is 0.409. The van der Waals surface area contributed by atoms with Crippen molar-refractivity contribution >= 4 is 5.69 Å². The van der Waals surface area contributed by atoms with E-state index in [2.05, 4.69) is 40.4 Å². The minimum Gasteiger partial charge on any atom is -0.490 e. The van der Waals surface area contributed by atoms with Crippen molar-refractivity contribution < 1.29 is 4.74 Å². The molecule has 1 saturated heterocycles. The van der Waals surface area contributed by atoms with Gasteiger partial charge in [-0.15, -0.1) is 0 Å². The average Bonchev–Trinajstić information content (AvgIpc) is 3.18. The van der Waals surface area contributed by atoms with Gasteiger partial charge in [-0.3, -0.25) is 4.98 Å². The number of nitrogens with zero attached hydrogens (tertiary/aromatic N) is 1. The van der Waals surface area contributed by atoms with E-state index >= 15 is 0 Å². The zero-order valence-corrected chi connectivity index (χ0v) is 15.9. The molecule has 0 aliphatic carbocycles. The Morgan fingerprint density at radius 2 is 2.04 bits per heavy atom. The second kappa shape index (κ2) is 10.1. The summed E-state index contributed by atoms with van der Waals surface area (Å²) in [4.78, 5) is 4.17. The number of nitrogens with two attached hydrogens (primary N) is 1. The molecule has 1 fully saturated rings. The molecule has 2 heterocycles. The fourth-order valence-electron chi connectivity index (χ4n) is 3.46. The van der Waals surface area contributed by atoms with Crippen molar-refractivity contribution in [3.8, 4) is 5.75 Å². The van der Waals surface area contributed by atoms with E-state index in [1.54, 1.807) is 12.3 Å². The Labute approximate surface area is 162 Å². The van der Waals surface area contributed by atoms with Gasteiger partial charge < -0.3 is 21.1 Å². The molecule has 5 heteroatoms. The quantitative estimate of drug-likeness (QED) is 0.564. The van der Waals surface area contributed by atoms with Crippen molar-refractivity contribution in [2.45, 2.75) is 25.8 Å². The standard InChI is InChI=1S/C22H30N4O/c1-2-7-27-22-10-17(3-4-18-9-21(23)16-26-12-18)8-20(11-22)15-25-14-19-5-6-24-13-19/h2,8-12,16,19,24-25H,1,3-7,13-15,23H2. The predicted octanol–water partition coefficient (Wildman–Crippen LogP) is 2.71. The highest BCUT2D eigenvalue weighted by molar-refractivity contribution is 5.38. The van der Waals surface area contributed by atoms with Crippen LogP contribution < -0.4 is 21.1 Å². The molecule has 0 radical (unpaired) electrons. The first-order valence-electron chi connectivity index (χ1n) is 9.70. The van der Waals surface area contributed by atoms with Gasteiger partial charge in [0.15, 0.2) is 0 Å². The molecule has 1 aromatic heterocycles. The average molecular weight is 367 g/mol. The molecule has 144 valence electrons. The van der Waals surface area contributed by atoms with E-state index in [1.807, 2.05) is 12.3 Å². The van der Waals surface area contributed by atoms with Crippen LogP contribution in [0.15, 0.2) is 49.3 Å². The van der Waals surface area contributed by atoms with Gasteiger partial charge in [0, 0.05) is 18.9 Å². The van der Waals surface area contributed by atoms with E-state index in [0.717, 1.165) is 56.3 Å². The fourth-order valence-corrected chi connectivity index (χ4v) is 3.46. The third-order valence-electron chi connectivity index (χ3n) is 4.84. The van der Waals surface area contributed by atoms with Gasteiger partial charge in [0.1, 0.15) is 12.4 Å². The minimum atomic E-state index is 0.517. The molecule has 0 saturated carbocycles. The number of ether oxygens (including phenoxy) is 1. The Kier molecular flexibility index (Phi) is 7.25. The van der Waals surface area contributed by atoms with E-state index in [0.29, 0.717) is 12.3 Å². The lowest BCUT2D eigenvalue weighted by molar-refractivity contribution is 0.362. The lowest BCUT2D eigenvalue weighted by Crippen LogP contribution is -2.24. The number of hydrogen-bond donors (Lipinski definition) is 3. The molecule has 3 rings (SSSR count). The van der Waals surface area contributed by atoms with E-state index in [1.165, 1.54) is 17.5 Å². The number of benzene rings is 1. The number of aryl methyl sites for hydroxylation is 2. The molecule has 4 N–H and O–H groups in total. The van der Waals surface area contributed by atoms with Crippen LogP contribution in [0, 0.1) is 5.92 Å². The van der Waals surface area contributed by atoms with Crippen LogP contribution in [0.25, 0.3) is 0 Å². The third kappa shape index (κ3) is 6.38. The van der Waals surface area contributed by atoms with Crippen molar-refractivity contribution in [3.63, 3.8) is 0 Å². The Morgan fingerprint density at radius 3 is 2.81 bits per heavy atom. The molecule has 2 aromatic rings. The van der Waals surface area contributed by atoms with E-state index in [-0.39, 0.29) is 0 Å². The predicted molar refractivity (Wildman–Crippen MR) is 111 cm³/mol. The molecule has 0 bridgehead atoms. The molecular weight excluding hydrogens is 336 g/mol. The third-order valence-corrected chi connectivity index (χ3v) is 4.84. The van der Waals surface area contributed by atoms with Crippen LogP contribution in [-0.2, 0) is 19.4 Å². The Morgan fingerprint density at radius 1 is 1.19 bits per heavy atom. The second-order valence-electron chi connectivity index (χ2n) is 7.20. The molecule has 1 aromatic carbocycles. The Balaban J connectivity index is 1.62. The highest BCUT2D eigenvalue weighted by Crippen LogP contribution is 2.20. The maximum absolute atomic E-state index is 5.83. The Hall–Kier alpha value is -2.37. The number of nitrogen functional groups attached to an aromatic ring is 1. The molecular formula is C22H30N4O. The molecule has 1 aliphatic rings. The molecule has 1 unspecified atom stereocenters. The van der Waals surface area contributed by atoms with Crippen LogP contribution in [0.5, 0.6) is 5.75 Å². The molecule has 1 atom stereocenters. The number of rotatable bonds is 10. The molecule has 27 heavy (non-hydrogen) atoms. The van der Waals surface area contributed by atoms with Crippen molar-refractivity contribution in [2.24, 2.45) is 5.92 Å². The summed E-state index contributed by atoms with van der Waals surface area (Å²) in [6.45, 7) is 8.42. The number of pyridine rings is 1. The maximum atomic E-state index is 5.83. The summed E-state index contributed by atoms with van der Waals surface area (Å²) in [7, 11) is 0. The lowest BCUT2D eigenvalue weighted by atomic mass is 10.0. The van der Waals surface area contributed by atoms with Crippen molar-refractivity contribution in [1.82, 2.24) is 15.6 Å². The summed E-state index contributed by atoms with van der Waals surface area (Å²) in [6.07, 6.45) is 8.42. The normalized spacial score (nSPS) is 16.4. The van der Waals surface area contributed by atoms with E-state index in [9.17, 15) is 0 Å². The summed E-state index contributed by atoms with van der Waals surface area (Å²) in [5.41, 5.74) is 10.2. The lowest BCUT2D eigenvalue weighted by Gasteiger charge is -2.13. The SMILES string of the molecule is C=CCOc1cc(CCc2cncc(N)c2)cc(CNCC2CCNC2)c1. The largest absolute Gasteiger partial charge is 0.490 e. The van der Waals surface area contributed by atoms with Crippen LogP contribution in [-0.4, -0.2) is 31.2 Å². The zero-order valence-electron chi connectivity index (χ0n) is 15.9. The monoisotopic (exact) mass is 366 g/mol. The van der Waals surface area contributed by atoms with Gasteiger partial charge in [0.25, 0.3) is 0 Å². The minimum absolute atomic E-state index is 0.517. The van der Waals surface area contributed by atoms with Gasteiger partial charge in [-0.05, 0) is 79.7 Å². The summed E-state index contributed by atoms with van der Waals surface area (Å²) < 4.78 is 5.80. The van der Waals surface area contributed by atoms with E-state index < -0.39 is 0 Å². The van der Waals surface area contributed by atoms with Crippen LogP contribution in [0.4, 0.5) is 5.69 Å². The van der Waals surface area contributed by atoms with Crippen molar-refractivity contribution in [1.29, 1.82) is 0 Å². The summed E-state index contributed by atoms with van der Waals surface area (Å²) in [6, 6.07) is 8.49. The molecule has 5 nitrogen and oxygen atoms in total. The van der Waals surface area contributed by atoms with Gasteiger partial charge in [-0.1, -0.05) is 18.7 Å². The van der Waals surface area contributed by atoms with Crippen LogP contribution in [0.2, 0.25) is 0 Å². The topological polar surface area (TPSA) is 72.2 Å². The van der Waals surface area contributed by atoms with Gasteiger partial charge in [0.2, 0.25) is 0 Å². The molecule has 0 amide bonds. The maximum Gasteiger partial charge on any atom is 0.120 e. The first-order chi connectivity index (χ1) is 13.2. The van der Waals surface area contributed by atoms with Gasteiger partial charge in [0.05, 0.1) is 5.69 Å². The van der Waals surface area contributed by atoms with Gasteiger partial charge in [-0.2, -0.15) is 0 Å². The number of anilines is 1. The first-order valence-corrected chi connectivity index (χ1v) is 9.70. The highest BCUT2D eigenvalue weighted by Gasteiger charge is 2.13. The Bertz CT molecular complexity index is 741. The molecule has 0 spiro atoms. The summed E-state index contributed by atoms with van der Waals surface area (Å²) in [5.74, 6) is 1.64. The van der Waals surface area contributed by atoms with Gasteiger partial charge in [-0.25, -0.2) is 0 Å². The smallest absolute Gasteiger partial charge is 0.120 e. The highest BCUT2D eigenvalue weighted by atomic mass is 16.5. The zero-order chi connectivity index (χ0) is 18.9. The number of aromatic nitrogens is 1. The van der Waals surface area contributed by atoms with Crippen molar-refractivity contribution in [3.05, 3.63) is 66.0 Å². The van der Waals surface area contributed by atoms with Gasteiger partial charge >= 0.3 is 0 Å². The summed E-state index contributed by atoms with van der Waals surface area (Å²) >= 11 is 0. The number of hydrogen-bond acceptors (Lipinski definition) is 5. The first kappa shape index (κ1) is 19.4. The number of nitrogens with one attached hydrogen (secondary N) is 2. The second-order valence-corrected chi connectivity index (χ2v) is 7.20. The van der Waals surface area contributed by atoms with Crippen molar-refractivity contribution in [2.75, 3.05) is 32.0 Å². The van der Waals surface area contributed by atoms with Crippen LogP contribution in [0.3, 0.4) is 0 Å². The van der Waals surface area contributed by atoms with Crippen LogP contribution in [0.1, 0.15) is 23.1 Å². The summed E-state index contributed by atoms with van der Waals surface area (Å²) in [5, 5.41) is 7.01. The van der Waals surface area contributed by atoms with Crippen LogP contribution >= 0.6 is 0 Å². The van der Waals surface area contributed by atoms with E-state index in [4.69, 9.17) is 10.5 Å².